The van der Waals surface area contributed by atoms with Crippen molar-refractivity contribution in [2.45, 2.75) is 32.2 Å². The van der Waals surface area contributed by atoms with E-state index in [1.165, 1.54) is 0 Å². The SMILES string of the molecule is CCOC(=O)CNC(=O)N1CCC[C@H](N(C)CCc2ccccn2)C1. The number of esters is 1. The van der Waals surface area contributed by atoms with Crippen LogP contribution in [-0.2, 0) is 16.0 Å². The molecule has 1 saturated heterocycles. The van der Waals surface area contributed by atoms with Gasteiger partial charge in [-0.15, -0.1) is 0 Å². The molecule has 138 valence electrons. The van der Waals surface area contributed by atoms with E-state index in [-0.39, 0.29) is 12.6 Å². The number of piperidine rings is 1. The summed E-state index contributed by atoms with van der Waals surface area (Å²) in [6, 6.07) is 6.07. The Balaban J connectivity index is 1.77. The molecule has 0 unspecified atom stereocenters. The topological polar surface area (TPSA) is 74.8 Å². The van der Waals surface area contributed by atoms with Crippen LogP contribution in [0.5, 0.6) is 0 Å². The van der Waals surface area contributed by atoms with Gasteiger partial charge in [-0.25, -0.2) is 4.79 Å². The number of urea groups is 1. The van der Waals surface area contributed by atoms with E-state index in [2.05, 4.69) is 22.2 Å². The Hall–Kier alpha value is -2.15. The summed E-state index contributed by atoms with van der Waals surface area (Å²) in [6.45, 7) is 4.28. The normalized spacial score (nSPS) is 17.4. The van der Waals surface area contributed by atoms with Crippen molar-refractivity contribution in [3.63, 3.8) is 0 Å². The predicted molar refractivity (Wildman–Crippen MR) is 95.2 cm³/mol. The standard InChI is InChI=1S/C18H28N4O3/c1-3-25-17(23)13-20-18(24)22-11-6-8-16(14-22)21(2)12-9-15-7-4-5-10-19-15/h4-5,7,10,16H,3,6,8-9,11-14H2,1-2H3,(H,20,24)/t16-/m0/s1. The van der Waals surface area contributed by atoms with Gasteiger partial charge in [0.2, 0.25) is 0 Å². The smallest absolute Gasteiger partial charge is 0.325 e. The number of pyridine rings is 1. The van der Waals surface area contributed by atoms with E-state index in [1.54, 1.807) is 11.8 Å². The highest BCUT2D eigenvalue weighted by Gasteiger charge is 2.26. The van der Waals surface area contributed by atoms with Gasteiger partial charge in [-0.3, -0.25) is 9.78 Å². The molecule has 0 saturated carbocycles. The number of nitrogens with zero attached hydrogens (tertiary/aromatic N) is 3. The van der Waals surface area contributed by atoms with Crippen molar-refractivity contribution in [1.82, 2.24) is 20.1 Å². The fourth-order valence-electron chi connectivity index (χ4n) is 2.99. The molecule has 1 aromatic heterocycles. The molecule has 0 bridgehead atoms. The number of amides is 2. The van der Waals surface area contributed by atoms with Gasteiger partial charge in [0.05, 0.1) is 6.61 Å². The van der Waals surface area contributed by atoms with Crippen LogP contribution >= 0.6 is 0 Å². The fraction of sp³-hybridized carbons (Fsp3) is 0.611. The molecule has 1 aliphatic rings. The van der Waals surface area contributed by atoms with Crippen LogP contribution in [0.3, 0.4) is 0 Å². The quantitative estimate of drug-likeness (QED) is 0.752. The molecule has 0 aromatic carbocycles. The summed E-state index contributed by atoms with van der Waals surface area (Å²) >= 11 is 0. The van der Waals surface area contributed by atoms with Crippen LogP contribution in [0.2, 0.25) is 0 Å². The van der Waals surface area contributed by atoms with Gasteiger partial charge < -0.3 is 19.9 Å². The van der Waals surface area contributed by atoms with Gasteiger partial charge in [-0.1, -0.05) is 6.07 Å². The van der Waals surface area contributed by atoms with E-state index in [0.717, 1.165) is 38.0 Å². The average Bonchev–Trinajstić information content (AvgIpc) is 2.65. The molecule has 0 radical (unpaired) electrons. The van der Waals surface area contributed by atoms with Crippen LogP contribution in [0.15, 0.2) is 24.4 Å². The lowest BCUT2D eigenvalue weighted by Crippen LogP contribution is -2.52. The molecular weight excluding hydrogens is 320 g/mol. The van der Waals surface area contributed by atoms with Crippen molar-refractivity contribution in [2.75, 3.05) is 39.8 Å². The number of ether oxygens (including phenoxy) is 1. The Morgan fingerprint density at radius 2 is 2.28 bits per heavy atom. The molecule has 2 rings (SSSR count). The van der Waals surface area contributed by atoms with Crippen molar-refractivity contribution >= 4 is 12.0 Å². The molecule has 2 heterocycles. The van der Waals surface area contributed by atoms with Crippen molar-refractivity contribution in [1.29, 1.82) is 0 Å². The molecule has 1 N–H and O–H groups in total. The molecular formula is C18H28N4O3. The number of carbonyl (C=O) groups is 2. The van der Waals surface area contributed by atoms with Crippen molar-refractivity contribution in [3.8, 4) is 0 Å². The fourth-order valence-corrected chi connectivity index (χ4v) is 2.99. The highest BCUT2D eigenvalue weighted by atomic mass is 16.5. The highest BCUT2D eigenvalue weighted by Crippen LogP contribution is 2.15. The van der Waals surface area contributed by atoms with Crippen LogP contribution in [0.1, 0.15) is 25.5 Å². The Labute approximate surface area is 149 Å². The average molecular weight is 348 g/mol. The Bertz CT molecular complexity index is 553. The van der Waals surface area contributed by atoms with Crippen LogP contribution < -0.4 is 5.32 Å². The third kappa shape index (κ3) is 6.34. The maximum Gasteiger partial charge on any atom is 0.325 e. The van der Waals surface area contributed by atoms with Crippen LogP contribution in [0.25, 0.3) is 0 Å². The van der Waals surface area contributed by atoms with Crippen LogP contribution in [-0.4, -0.2) is 72.7 Å². The Morgan fingerprint density at radius 3 is 3.00 bits per heavy atom. The lowest BCUT2D eigenvalue weighted by molar-refractivity contribution is -0.141. The largest absolute Gasteiger partial charge is 0.465 e. The van der Waals surface area contributed by atoms with Gasteiger partial charge in [0, 0.05) is 44.0 Å². The monoisotopic (exact) mass is 348 g/mol. The van der Waals surface area contributed by atoms with E-state index in [9.17, 15) is 9.59 Å². The molecule has 0 aliphatic carbocycles. The second kappa shape index (κ2) is 9.98. The molecule has 2 amide bonds. The van der Waals surface area contributed by atoms with E-state index < -0.39 is 5.97 Å². The minimum absolute atomic E-state index is 0.0800. The van der Waals surface area contributed by atoms with Gasteiger partial charge in [0.15, 0.2) is 0 Å². The van der Waals surface area contributed by atoms with Crippen LogP contribution in [0.4, 0.5) is 4.79 Å². The minimum Gasteiger partial charge on any atom is -0.465 e. The minimum atomic E-state index is -0.406. The number of rotatable bonds is 7. The van der Waals surface area contributed by atoms with Gasteiger partial charge in [-0.2, -0.15) is 0 Å². The van der Waals surface area contributed by atoms with Crippen molar-refractivity contribution in [3.05, 3.63) is 30.1 Å². The summed E-state index contributed by atoms with van der Waals surface area (Å²) < 4.78 is 4.83. The molecule has 7 nitrogen and oxygen atoms in total. The number of hydrogen-bond donors (Lipinski definition) is 1. The first kappa shape index (κ1) is 19.2. The first-order valence-electron chi connectivity index (χ1n) is 8.88. The summed E-state index contributed by atoms with van der Waals surface area (Å²) in [6.07, 6.45) is 4.74. The molecule has 25 heavy (non-hydrogen) atoms. The van der Waals surface area contributed by atoms with E-state index in [4.69, 9.17) is 4.74 Å². The summed E-state index contributed by atoms with van der Waals surface area (Å²) in [5.41, 5.74) is 1.08. The third-order valence-electron chi connectivity index (χ3n) is 4.44. The lowest BCUT2D eigenvalue weighted by Gasteiger charge is -2.37. The van der Waals surface area contributed by atoms with Crippen molar-refractivity contribution in [2.24, 2.45) is 0 Å². The Morgan fingerprint density at radius 1 is 1.44 bits per heavy atom. The molecule has 1 fully saturated rings. The third-order valence-corrected chi connectivity index (χ3v) is 4.44. The summed E-state index contributed by atoms with van der Waals surface area (Å²) in [7, 11) is 2.09. The van der Waals surface area contributed by atoms with Gasteiger partial charge in [0.1, 0.15) is 6.54 Å². The van der Waals surface area contributed by atoms with E-state index in [1.807, 2.05) is 24.4 Å². The number of nitrogens with one attached hydrogen (secondary N) is 1. The molecule has 0 spiro atoms. The number of aromatic nitrogens is 1. The lowest BCUT2D eigenvalue weighted by atomic mass is 10.0. The zero-order valence-electron chi connectivity index (χ0n) is 15.1. The first-order chi connectivity index (χ1) is 12.1. The molecule has 1 aliphatic heterocycles. The maximum atomic E-state index is 12.2. The second-order valence-electron chi connectivity index (χ2n) is 6.26. The number of carbonyl (C=O) groups excluding carboxylic acids is 2. The summed E-state index contributed by atoms with van der Waals surface area (Å²) in [4.78, 5) is 32.0. The predicted octanol–water partition coefficient (Wildman–Crippen LogP) is 1.29. The molecule has 7 heteroatoms. The second-order valence-corrected chi connectivity index (χ2v) is 6.26. The number of likely N-dealkylation sites (N-methyl/N-ethyl adjacent to an activating group) is 1. The number of likely N-dealkylation sites (tertiary alicyclic amines) is 1. The van der Waals surface area contributed by atoms with Gasteiger partial charge in [-0.05, 0) is 38.9 Å². The molecule has 1 atom stereocenters. The summed E-state index contributed by atoms with van der Waals surface area (Å²) in [5.74, 6) is -0.406. The van der Waals surface area contributed by atoms with Gasteiger partial charge >= 0.3 is 12.0 Å². The molecule has 1 aromatic rings. The van der Waals surface area contributed by atoms with E-state index >= 15 is 0 Å². The highest BCUT2D eigenvalue weighted by molar-refractivity contribution is 5.80. The first-order valence-corrected chi connectivity index (χ1v) is 8.88. The maximum absolute atomic E-state index is 12.2. The van der Waals surface area contributed by atoms with E-state index in [0.29, 0.717) is 19.2 Å². The summed E-state index contributed by atoms with van der Waals surface area (Å²) in [5, 5.41) is 2.64. The zero-order chi connectivity index (χ0) is 18.1. The van der Waals surface area contributed by atoms with Crippen LogP contribution in [0, 0.1) is 0 Å². The zero-order valence-corrected chi connectivity index (χ0v) is 15.1. The number of hydrogen-bond acceptors (Lipinski definition) is 5. The van der Waals surface area contributed by atoms with Gasteiger partial charge in [0.25, 0.3) is 0 Å². The van der Waals surface area contributed by atoms with Crippen molar-refractivity contribution < 1.29 is 14.3 Å². The Kier molecular flexibility index (Phi) is 7.66.